The van der Waals surface area contributed by atoms with Gasteiger partial charge < -0.3 is 25.2 Å². The number of aliphatic hydroxyl groups is 1. The SMILES string of the molecule is CC/C=C\C/C=C\C/C=C\C/C=C\C/C=C\CCCCCC(=O)OCC(O)COP(=O)(O)OCC(NC(=O)CCCCCCCCCCCCC)C(=O)O. The molecule has 3 unspecified atom stereocenters. The summed E-state index contributed by atoms with van der Waals surface area (Å²) in [6.45, 7) is 2.41. The molecule has 1 amide bonds. The van der Waals surface area contributed by atoms with Crippen LogP contribution in [0.3, 0.4) is 0 Å². The number of amides is 1. The highest BCUT2D eigenvalue weighted by atomic mass is 31.2. The maximum absolute atomic E-state index is 12.2. The van der Waals surface area contributed by atoms with E-state index in [1.807, 2.05) is 0 Å². The maximum atomic E-state index is 12.2. The van der Waals surface area contributed by atoms with Crippen LogP contribution in [0.15, 0.2) is 60.8 Å². The van der Waals surface area contributed by atoms with Gasteiger partial charge in [0.1, 0.15) is 12.7 Å². The predicted octanol–water partition coefficient (Wildman–Crippen LogP) is 10.00. The molecule has 0 saturated heterocycles. The number of phosphoric acid groups is 1. The molecular weight excluding hydrogens is 709 g/mol. The lowest BCUT2D eigenvalue weighted by Crippen LogP contribution is -2.43. The van der Waals surface area contributed by atoms with E-state index in [1.165, 1.54) is 44.9 Å². The first kappa shape index (κ1) is 51.2. The normalized spacial score (nSPS) is 14.4. The zero-order valence-electron chi connectivity index (χ0n) is 33.3. The highest BCUT2D eigenvalue weighted by Crippen LogP contribution is 2.43. The van der Waals surface area contributed by atoms with Gasteiger partial charge in [0.2, 0.25) is 5.91 Å². The summed E-state index contributed by atoms with van der Waals surface area (Å²) in [5, 5.41) is 21.7. The van der Waals surface area contributed by atoms with Crippen molar-refractivity contribution in [1.29, 1.82) is 0 Å². The predicted molar refractivity (Wildman–Crippen MR) is 217 cm³/mol. The van der Waals surface area contributed by atoms with Crippen molar-refractivity contribution in [3.63, 3.8) is 0 Å². The molecule has 310 valence electrons. The number of carboxylic acids is 1. The molecule has 0 aliphatic carbocycles. The molecule has 0 heterocycles. The lowest BCUT2D eigenvalue weighted by Gasteiger charge is -2.18. The van der Waals surface area contributed by atoms with E-state index in [1.54, 1.807) is 0 Å². The van der Waals surface area contributed by atoms with Crippen molar-refractivity contribution in [2.75, 3.05) is 19.8 Å². The summed E-state index contributed by atoms with van der Waals surface area (Å²) in [6.07, 6.45) is 41.1. The summed E-state index contributed by atoms with van der Waals surface area (Å²) in [5.74, 6) is -2.41. The smallest absolute Gasteiger partial charge is 0.472 e. The molecule has 0 spiro atoms. The van der Waals surface area contributed by atoms with Crippen LogP contribution in [0.1, 0.15) is 155 Å². The molecule has 0 aromatic carbocycles. The number of unbranched alkanes of at least 4 members (excludes halogenated alkanes) is 13. The fourth-order valence-electron chi connectivity index (χ4n) is 5.16. The van der Waals surface area contributed by atoms with Crippen molar-refractivity contribution in [2.24, 2.45) is 0 Å². The van der Waals surface area contributed by atoms with Crippen molar-refractivity contribution < 1.29 is 47.8 Å². The van der Waals surface area contributed by atoms with Crippen LogP contribution in [0.25, 0.3) is 0 Å². The first-order chi connectivity index (χ1) is 26.1. The summed E-state index contributed by atoms with van der Waals surface area (Å²) >= 11 is 0. The van der Waals surface area contributed by atoms with E-state index < -0.39 is 57.6 Å². The van der Waals surface area contributed by atoms with Gasteiger partial charge >= 0.3 is 19.8 Å². The summed E-state index contributed by atoms with van der Waals surface area (Å²) in [5.41, 5.74) is 0. The largest absolute Gasteiger partial charge is 0.480 e. The number of esters is 1. The molecule has 11 nitrogen and oxygen atoms in total. The number of hydrogen-bond donors (Lipinski definition) is 4. The Labute approximate surface area is 326 Å². The first-order valence-corrected chi connectivity index (χ1v) is 21.8. The fraction of sp³-hybridized carbons (Fsp3) is 0.690. The molecule has 0 fully saturated rings. The van der Waals surface area contributed by atoms with E-state index in [2.05, 4.69) is 79.9 Å². The Morgan fingerprint density at radius 1 is 0.611 bits per heavy atom. The van der Waals surface area contributed by atoms with Gasteiger partial charge in [-0.2, -0.15) is 0 Å². The maximum Gasteiger partial charge on any atom is 0.472 e. The second-order valence-corrected chi connectivity index (χ2v) is 14.9. The summed E-state index contributed by atoms with van der Waals surface area (Å²) in [6, 6.07) is -1.55. The quantitative estimate of drug-likeness (QED) is 0.0206. The number of ether oxygens (including phenoxy) is 1. The van der Waals surface area contributed by atoms with Crippen LogP contribution in [-0.2, 0) is 32.7 Å². The number of hydrogen-bond acceptors (Lipinski definition) is 8. The average molecular weight is 782 g/mol. The van der Waals surface area contributed by atoms with Crippen molar-refractivity contribution >= 4 is 25.7 Å². The number of carbonyl (C=O) groups excluding carboxylic acids is 2. The standard InChI is InChI=1S/C42H72NO10P/c1-3-5-7-9-11-13-15-16-17-18-19-20-21-22-24-26-28-30-32-34-41(46)51-35-38(44)36-52-54(49,50)53-37-39(42(47)48)43-40(45)33-31-29-27-25-23-14-12-10-8-6-4-2/h5,7,11,13,16-17,19-20,22,24,38-39,44H,3-4,6,8-10,12,14-15,18,21,23,25-37H2,1-2H3,(H,43,45)(H,47,48)(H,49,50)/b7-5-,13-11-,17-16-,20-19-,24-22-. The number of allylic oxidation sites excluding steroid dienone is 10. The van der Waals surface area contributed by atoms with E-state index in [4.69, 9.17) is 13.8 Å². The first-order valence-electron chi connectivity index (χ1n) is 20.3. The molecule has 0 bridgehead atoms. The lowest BCUT2D eigenvalue weighted by atomic mass is 10.1. The van der Waals surface area contributed by atoms with E-state index in [0.717, 1.165) is 70.6 Å². The number of rotatable bonds is 37. The number of nitrogens with one attached hydrogen (secondary N) is 1. The van der Waals surface area contributed by atoms with Crippen molar-refractivity contribution in [2.45, 2.75) is 167 Å². The third kappa shape index (κ3) is 36.2. The van der Waals surface area contributed by atoms with Crippen molar-refractivity contribution in [3.05, 3.63) is 60.8 Å². The Kier molecular flexibility index (Phi) is 35.2. The molecule has 54 heavy (non-hydrogen) atoms. The fourth-order valence-corrected chi connectivity index (χ4v) is 5.94. The number of phosphoric ester groups is 1. The number of aliphatic hydroxyl groups excluding tert-OH is 1. The summed E-state index contributed by atoms with van der Waals surface area (Å²) in [4.78, 5) is 45.7. The minimum Gasteiger partial charge on any atom is -0.480 e. The molecular formula is C42H72NO10P. The van der Waals surface area contributed by atoms with Crippen LogP contribution in [-0.4, -0.2) is 64.9 Å². The third-order valence-electron chi connectivity index (χ3n) is 8.32. The van der Waals surface area contributed by atoms with E-state index >= 15 is 0 Å². The molecule has 0 saturated carbocycles. The van der Waals surface area contributed by atoms with Gasteiger partial charge in [0.15, 0.2) is 6.04 Å². The van der Waals surface area contributed by atoms with Gasteiger partial charge in [0, 0.05) is 12.8 Å². The van der Waals surface area contributed by atoms with Crippen LogP contribution in [0, 0.1) is 0 Å². The van der Waals surface area contributed by atoms with Gasteiger partial charge in [-0.05, 0) is 57.8 Å². The van der Waals surface area contributed by atoms with Gasteiger partial charge in [0.05, 0.1) is 13.2 Å². The van der Waals surface area contributed by atoms with Gasteiger partial charge in [-0.3, -0.25) is 18.6 Å². The highest BCUT2D eigenvalue weighted by molar-refractivity contribution is 7.47. The Bertz CT molecular complexity index is 1150. The van der Waals surface area contributed by atoms with Crippen LogP contribution in [0.2, 0.25) is 0 Å². The van der Waals surface area contributed by atoms with Crippen LogP contribution < -0.4 is 5.32 Å². The zero-order valence-corrected chi connectivity index (χ0v) is 34.1. The van der Waals surface area contributed by atoms with Crippen molar-refractivity contribution in [1.82, 2.24) is 5.32 Å². The average Bonchev–Trinajstić information content (AvgIpc) is 3.14. The van der Waals surface area contributed by atoms with Crippen molar-refractivity contribution in [3.8, 4) is 0 Å². The molecule has 0 aliphatic heterocycles. The Balaban J connectivity index is 3.98. The highest BCUT2D eigenvalue weighted by Gasteiger charge is 2.28. The Morgan fingerprint density at radius 3 is 1.61 bits per heavy atom. The monoisotopic (exact) mass is 781 g/mol. The minimum absolute atomic E-state index is 0.143. The van der Waals surface area contributed by atoms with Crippen LogP contribution >= 0.6 is 7.82 Å². The van der Waals surface area contributed by atoms with Crippen LogP contribution in [0.4, 0.5) is 0 Å². The zero-order chi connectivity index (χ0) is 40.0. The summed E-state index contributed by atoms with van der Waals surface area (Å²) < 4.78 is 26.7. The molecule has 0 rings (SSSR count). The van der Waals surface area contributed by atoms with Gasteiger partial charge in [-0.25, -0.2) is 9.36 Å². The van der Waals surface area contributed by atoms with Gasteiger partial charge in [-0.1, -0.05) is 145 Å². The number of carboxylic acid groups (broad SMARTS) is 1. The van der Waals surface area contributed by atoms with Gasteiger partial charge in [0.25, 0.3) is 0 Å². The molecule has 4 N–H and O–H groups in total. The van der Waals surface area contributed by atoms with E-state index in [-0.39, 0.29) is 12.8 Å². The van der Waals surface area contributed by atoms with E-state index in [9.17, 15) is 34.1 Å². The molecule has 0 aromatic rings. The second kappa shape index (κ2) is 37.1. The lowest BCUT2D eigenvalue weighted by molar-refractivity contribution is -0.147. The molecule has 0 aromatic heterocycles. The molecule has 0 aliphatic rings. The number of carbonyl (C=O) groups is 3. The Morgan fingerprint density at radius 2 is 1.07 bits per heavy atom. The molecule has 12 heteroatoms. The third-order valence-corrected chi connectivity index (χ3v) is 9.27. The molecule has 0 radical (unpaired) electrons. The number of aliphatic carboxylic acids is 1. The topological polar surface area (TPSA) is 169 Å². The minimum atomic E-state index is -4.76. The Hall–Kier alpha value is -2.82. The molecule has 3 atom stereocenters. The second-order valence-electron chi connectivity index (χ2n) is 13.4. The van der Waals surface area contributed by atoms with Gasteiger partial charge in [-0.15, -0.1) is 0 Å². The van der Waals surface area contributed by atoms with E-state index in [0.29, 0.717) is 12.8 Å². The van der Waals surface area contributed by atoms with Crippen LogP contribution in [0.5, 0.6) is 0 Å². The summed E-state index contributed by atoms with van der Waals surface area (Å²) in [7, 11) is -4.76.